The van der Waals surface area contributed by atoms with Crippen molar-refractivity contribution in [1.82, 2.24) is 15.5 Å². The molecule has 1 aliphatic carbocycles. The van der Waals surface area contributed by atoms with Crippen molar-refractivity contribution >= 4 is 17.7 Å². The second-order valence-corrected chi connectivity index (χ2v) is 12.3. The number of amides is 3. The maximum Gasteiger partial charge on any atom is 0.287 e. The van der Waals surface area contributed by atoms with Gasteiger partial charge in [-0.3, -0.25) is 14.4 Å². The molecule has 252 valence electrons. The molecule has 3 amide bonds. The molecule has 1 aromatic heterocycles. The van der Waals surface area contributed by atoms with Crippen LogP contribution in [0.3, 0.4) is 0 Å². The van der Waals surface area contributed by atoms with Crippen LogP contribution in [0.1, 0.15) is 115 Å². The summed E-state index contributed by atoms with van der Waals surface area (Å²) in [5.41, 5.74) is 4.27. The Balaban J connectivity index is 0.00000116. The van der Waals surface area contributed by atoms with E-state index in [4.69, 9.17) is 4.42 Å². The highest BCUT2D eigenvalue weighted by atomic mass is 16.3. The summed E-state index contributed by atoms with van der Waals surface area (Å²) in [5, 5.41) is 6.09. The zero-order valence-electron chi connectivity index (χ0n) is 29.9. The van der Waals surface area contributed by atoms with Gasteiger partial charge in [-0.05, 0) is 66.3 Å². The molecular formula is C39H57N3O4. The first kappa shape index (κ1) is 38.3. The Labute approximate surface area is 277 Å². The summed E-state index contributed by atoms with van der Waals surface area (Å²) in [7, 11) is 0. The molecule has 2 heterocycles. The summed E-state index contributed by atoms with van der Waals surface area (Å²) in [6, 6.07) is 17.7. The summed E-state index contributed by atoms with van der Waals surface area (Å²) in [6.07, 6.45) is 4.24. The van der Waals surface area contributed by atoms with Gasteiger partial charge in [0.25, 0.3) is 5.91 Å². The number of rotatable bonds is 9. The average Bonchev–Trinajstić information content (AvgIpc) is 3.75. The highest BCUT2D eigenvalue weighted by Crippen LogP contribution is 2.51. The number of fused-ring (bicyclic) bond motifs is 3. The van der Waals surface area contributed by atoms with Crippen molar-refractivity contribution in [1.29, 1.82) is 0 Å². The molecule has 0 bridgehead atoms. The number of hydrogen-bond acceptors (Lipinski definition) is 4. The highest BCUT2D eigenvalue weighted by Gasteiger charge is 2.48. The van der Waals surface area contributed by atoms with Crippen molar-refractivity contribution in [3.05, 3.63) is 83.3 Å². The Morgan fingerprint density at radius 2 is 1.46 bits per heavy atom. The van der Waals surface area contributed by atoms with Crippen LogP contribution in [0.4, 0.5) is 0 Å². The molecule has 0 saturated carbocycles. The summed E-state index contributed by atoms with van der Waals surface area (Å²) in [5.74, 6) is -0.136. The molecule has 1 fully saturated rings. The van der Waals surface area contributed by atoms with E-state index in [9.17, 15) is 14.4 Å². The van der Waals surface area contributed by atoms with Crippen LogP contribution in [-0.2, 0) is 15.0 Å². The molecule has 0 radical (unpaired) electrons. The predicted molar refractivity (Wildman–Crippen MR) is 189 cm³/mol. The van der Waals surface area contributed by atoms with Gasteiger partial charge in [0.2, 0.25) is 11.8 Å². The topological polar surface area (TPSA) is 91.7 Å². The molecule has 46 heavy (non-hydrogen) atoms. The molecule has 2 aromatic carbocycles. The number of carbonyl (C=O) groups is 3. The first-order valence-electron chi connectivity index (χ1n) is 17.2. The number of furan rings is 1. The number of nitrogens with zero attached hydrogens (tertiary/aromatic N) is 1. The van der Waals surface area contributed by atoms with E-state index in [1.807, 2.05) is 70.7 Å². The fourth-order valence-electron chi connectivity index (χ4n) is 6.07. The quantitative estimate of drug-likeness (QED) is 0.233. The van der Waals surface area contributed by atoms with E-state index < -0.39 is 11.5 Å². The van der Waals surface area contributed by atoms with Gasteiger partial charge in [-0.25, -0.2) is 0 Å². The maximum absolute atomic E-state index is 14.1. The Hall–Kier alpha value is -3.87. The van der Waals surface area contributed by atoms with Crippen molar-refractivity contribution in [3.8, 4) is 11.1 Å². The van der Waals surface area contributed by atoms with Crippen molar-refractivity contribution in [2.24, 2.45) is 5.41 Å². The van der Waals surface area contributed by atoms with E-state index in [0.717, 1.165) is 40.7 Å². The number of hydrogen-bond donors (Lipinski definition) is 2. The Bertz CT molecular complexity index is 1370. The average molecular weight is 632 g/mol. The molecule has 0 spiro atoms. The van der Waals surface area contributed by atoms with Gasteiger partial charge >= 0.3 is 0 Å². The lowest BCUT2D eigenvalue weighted by molar-refractivity contribution is -0.129. The molecule has 1 atom stereocenters. The second kappa shape index (κ2) is 17.7. The van der Waals surface area contributed by atoms with Crippen LogP contribution in [0.15, 0.2) is 65.3 Å². The second-order valence-electron chi connectivity index (χ2n) is 12.3. The van der Waals surface area contributed by atoms with Gasteiger partial charge in [0.15, 0.2) is 5.76 Å². The number of aryl methyl sites for hydroxylation is 1. The van der Waals surface area contributed by atoms with E-state index in [1.54, 1.807) is 13.0 Å². The van der Waals surface area contributed by atoms with Gasteiger partial charge in [0.1, 0.15) is 11.5 Å². The van der Waals surface area contributed by atoms with E-state index in [1.165, 1.54) is 6.26 Å². The minimum atomic E-state index is -0.773. The van der Waals surface area contributed by atoms with E-state index in [2.05, 4.69) is 55.7 Å². The molecule has 7 heteroatoms. The minimum absolute atomic E-state index is 0.0352. The fraction of sp³-hybridized carbons (Fsp3) is 0.513. The van der Waals surface area contributed by atoms with Crippen LogP contribution in [-0.4, -0.2) is 48.3 Å². The Morgan fingerprint density at radius 1 is 0.891 bits per heavy atom. The number of unbranched alkanes of at least 4 members (excludes halogenated alkanes) is 1. The molecule has 1 saturated heterocycles. The molecule has 2 N–H and O–H groups in total. The number of likely N-dealkylation sites (tertiary alicyclic amines) is 1. The van der Waals surface area contributed by atoms with Gasteiger partial charge in [0, 0.05) is 25.2 Å². The standard InChI is InChI=1S/C33H39N3O4.3C2H6/c1-22-16-20-40-28(22)29(37)35-27-15-19-36(30(27)38)18-10-9-17-33(31(39)34-21-32(2,3)4)25-13-7-5-11-23(25)24-12-6-8-14-26(24)33;3*1-2/h5-8,11-14,16,20,27H,9-10,15,17-19,21H2,1-4H3,(H,34,39)(H,35,37);3*1-2H3. The van der Waals surface area contributed by atoms with Gasteiger partial charge in [-0.2, -0.15) is 0 Å². The Kier molecular flexibility index (Phi) is 14.8. The summed E-state index contributed by atoms with van der Waals surface area (Å²) in [6.45, 7) is 21.9. The Morgan fingerprint density at radius 3 is 1.98 bits per heavy atom. The molecule has 7 nitrogen and oxygen atoms in total. The summed E-state index contributed by atoms with van der Waals surface area (Å²) in [4.78, 5) is 41.5. The molecule has 5 rings (SSSR count). The van der Waals surface area contributed by atoms with Gasteiger partial charge < -0.3 is 20.0 Å². The zero-order valence-corrected chi connectivity index (χ0v) is 29.9. The number of nitrogens with one attached hydrogen (secondary N) is 2. The van der Waals surface area contributed by atoms with Crippen molar-refractivity contribution in [3.63, 3.8) is 0 Å². The van der Waals surface area contributed by atoms with Crippen molar-refractivity contribution < 1.29 is 18.8 Å². The van der Waals surface area contributed by atoms with E-state index in [-0.39, 0.29) is 28.9 Å². The smallest absolute Gasteiger partial charge is 0.287 e. The van der Waals surface area contributed by atoms with Gasteiger partial charge in [-0.1, -0.05) is 111 Å². The van der Waals surface area contributed by atoms with Crippen LogP contribution in [0, 0.1) is 12.3 Å². The van der Waals surface area contributed by atoms with Crippen LogP contribution in [0.2, 0.25) is 0 Å². The van der Waals surface area contributed by atoms with Crippen molar-refractivity contribution in [2.75, 3.05) is 19.6 Å². The van der Waals surface area contributed by atoms with Crippen LogP contribution in [0.25, 0.3) is 11.1 Å². The predicted octanol–water partition coefficient (Wildman–Crippen LogP) is 8.30. The molecule has 1 aliphatic heterocycles. The minimum Gasteiger partial charge on any atom is -0.459 e. The molecular weight excluding hydrogens is 574 g/mol. The third kappa shape index (κ3) is 8.48. The van der Waals surface area contributed by atoms with Crippen LogP contribution >= 0.6 is 0 Å². The highest BCUT2D eigenvalue weighted by molar-refractivity contribution is 6.00. The molecule has 2 aliphatic rings. The zero-order chi connectivity index (χ0) is 34.5. The maximum atomic E-state index is 14.1. The summed E-state index contributed by atoms with van der Waals surface area (Å²) < 4.78 is 5.27. The van der Waals surface area contributed by atoms with E-state index in [0.29, 0.717) is 32.5 Å². The number of carbonyl (C=O) groups excluding carboxylic acids is 3. The molecule has 3 aromatic rings. The van der Waals surface area contributed by atoms with Crippen LogP contribution < -0.4 is 10.6 Å². The third-order valence-corrected chi connectivity index (χ3v) is 8.13. The van der Waals surface area contributed by atoms with Crippen molar-refractivity contribution in [2.45, 2.75) is 106 Å². The van der Waals surface area contributed by atoms with Gasteiger partial charge in [0.05, 0.1) is 6.26 Å². The van der Waals surface area contributed by atoms with Crippen LogP contribution in [0.5, 0.6) is 0 Å². The number of benzene rings is 2. The lowest BCUT2D eigenvalue weighted by Crippen LogP contribution is -2.46. The largest absolute Gasteiger partial charge is 0.459 e. The summed E-state index contributed by atoms with van der Waals surface area (Å²) >= 11 is 0. The third-order valence-electron chi connectivity index (χ3n) is 8.13. The lowest BCUT2D eigenvalue weighted by atomic mass is 9.73. The normalized spacial score (nSPS) is 15.6. The fourth-order valence-corrected chi connectivity index (χ4v) is 6.07. The first-order valence-corrected chi connectivity index (χ1v) is 17.2. The first-order chi connectivity index (χ1) is 22.1. The lowest BCUT2D eigenvalue weighted by Gasteiger charge is -2.32. The monoisotopic (exact) mass is 631 g/mol. The molecule has 1 unspecified atom stereocenters. The van der Waals surface area contributed by atoms with E-state index >= 15 is 0 Å². The van der Waals surface area contributed by atoms with Gasteiger partial charge in [-0.15, -0.1) is 0 Å². The SMILES string of the molecule is CC.CC.CC.Cc1ccoc1C(=O)NC1CCN(CCCCC2(C(=O)NCC(C)(C)C)c3ccccc3-c3ccccc32)C1=O.